The van der Waals surface area contributed by atoms with E-state index in [0.717, 1.165) is 25.7 Å². The monoisotopic (exact) mass is 298 g/mol. The molecule has 2 fully saturated rings. The molecule has 0 aromatic rings. The van der Waals surface area contributed by atoms with E-state index in [4.69, 9.17) is 0 Å². The summed E-state index contributed by atoms with van der Waals surface area (Å²) >= 11 is 0. The minimum absolute atomic E-state index is 0.0493. The van der Waals surface area contributed by atoms with Crippen molar-refractivity contribution < 1.29 is 19.8 Å². The lowest BCUT2D eigenvalue weighted by atomic mass is 9.90. The van der Waals surface area contributed by atoms with Gasteiger partial charge in [-0.25, -0.2) is 4.79 Å². The van der Waals surface area contributed by atoms with Gasteiger partial charge >= 0.3 is 12.0 Å². The van der Waals surface area contributed by atoms with Crippen molar-refractivity contribution in [3.8, 4) is 0 Å². The number of carboxylic acids is 1. The highest BCUT2D eigenvalue weighted by Crippen LogP contribution is 2.32. The number of carbonyl (C=O) groups excluding carboxylic acids is 1. The molecule has 0 aromatic carbocycles. The maximum atomic E-state index is 12.7. The van der Waals surface area contributed by atoms with E-state index in [1.165, 1.54) is 6.42 Å². The molecule has 2 N–H and O–H groups in total. The molecule has 0 radical (unpaired) electrons. The zero-order valence-electron chi connectivity index (χ0n) is 12.8. The predicted octanol–water partition coefficient (Wildman–Crippen LogP) is 1.53. The molecule has 0 bridgehead atoms. The SMILES string of the molecule is CC1(C(=O)O)CCN(C(=O)N(CCO)C2CCCCC2)C1. The number of carbonyl (C=O) groups is 2. The second-order valence-corrected chi connectivity index (χ2v) is 6.53. The van der Waals surface area contributed by atoms with Gasteiger partial charge in [-0.1, -0.05) is 19.3 Å². The molecule has 1 heterocycles. The Labute approximate surface area is 125 Å². The Hall–Kier alpha value is -1.30. The smallest absolute Gasteiger partial charge is 0.320 e. The summed E-state index contributed by atoms with van der Waals surface area (Å²) in [6.07, 6.45) is 5.90. The van der Waals surface area contributed by atoms with Crippen molar-refractivity contribution in [3.63, 3.8) is 0 Å². The van der Waals surface area contributed by atoms with E-state index in [1.54, 1.807) is 16.7 Å². The van der Waals surface area contributed by atoms with Crippen LogP contribution in [0, 0.1) is 5.41 Å². The Morgan fingerprint density at radius 2 is 1.95 bits per heavy atom. The average Bonchev–Trinajstić information content (AvgIpc) is 2.89. The molecule has 1 atom stereocenters. The van der Waals surface area contributed by atoms with Gasteiger partial charge in [0.1, 0.15) is 0 Å². The molecule has 0 aromatic heterocycles. The van der Waals surface area contributed by atoms with Gasteiger partial charge in [0.2, 0.25) is 0 Å². The van der Waals surface area contributed by atoms with Crippen LogP contribution in [-0.2, 0) is 4.79 Å². The first kappa shape index (κ1) is 16.1. The summed E-state index contributed by atoms with van der Waals surface area (Å²) in [5.74, 6) is -0.843. The lowest BCUT2D eigenvalue weighted by Gasteiger charge is -2.36. The number of aliphatic carboxylic acids is 1. The Morgan fingerprint density at radius 3 is 2.48 bits per heavy atom. The highest BCUT2D eigenvalue weighted by molar-refractivity contribution is 5.79. The van der Waals surface area contributed by atoms with Crippen molar-refractivity contribution in [1.29, 1.82) is 0 Å². The Balaban J connectivity index is 2.03. The quantitative estimate of drug-likeness (QED) is 0.824. The van der Waals surface area contributed by atoms with Crippen LogP contribution in [0.15, 0.2) is 0 Å². The Morgan fingerprint density at radius 1 is 1.29 bits per heavy atom. The maximum absolute atomic E-state index is 12.7. The van der Waals surface area contributed by atoms with Crippen molar-refractivity contribution in [2.45, 2.75) is 51.5 Å². The van der Waals surface area contributed by atoms with Gasteiger partial charge in [0, 0.05) is 25.7 Å². The lowest BCUT2D eigenvalue weighted by Crippen LogP contribution is -2.50. The lowest BCUT2D eigenvalue weighted by molar-refractivity contribution is -0.147. The van der Waals surface area contributed by atoms with Gasteiger partial charge in [0.05, 0.1) is 12.0 Å². The van der Waals surface area contributed by atoms with Crippen LogP contribution in [0.3, 0.4) is 0 Å². The zero-order chi connectivity index (χ0) is 15.5. The minimum atomic E-state index is -0.843. The van der Waals surface area contributed by atoms with Gasteiger partial charge in [-0.15, -0.1) is 0 Å². The molecule has 1 aliphatic heterocycles. The van der Waals surface area contributed by atoms with E-state index in [1.807, 2.05) is 0 Å². The molecule has 6 nitrogen and oxygen atoms in total. The highest BCUT2D eigenvalue weighted by atomic mass is 16.4. The summed E-state index contributed by atoms with van der Waals surface area (Å²) in [4.78, 5) is 27.4. The number of hydrogen-bond donors (Lipinski definition) is 2. The van der Waals surface area contributed by atoms with Crippen molar-refractivity contribution in [1.82, 2.24) is 9.80 Å². The number of rotatable bonds is 4. The van der Waals surface area contributed by atoms with Crippen LogP contribution in [0.4, 0.5) is 4.79 Å². The topological polar surface area (TPSA) is 81.1 Å². The number of urea groups is 1. The normalized spacial score (nSPS) is 26.9. The van der Waals surface area contributed by atoms with Crippen molar-refractivity contribution in [2.75, 3.05) is 26.2 Å². The van der Waals surface area contributed by atoms with E-state index < -0.39 is 11.4 Å². The number of nitrogens with zero attached hydrogens (tertiary/aromatic N) is 2. The fourth-order valence-corrected chi connectivity index (χ4v) is 3.42. The first-order valence-electron chi connectivity index (χ1n) is 7.88. The summed E-state index contributed by atoms with van der Waals surface area (Å²) < 4.78 is 0. The van der Waals surface area contributed by atoms with Crippen LogP contribution in [0.1, 0.15) is 45.4 Å². The summed E-state index contributed by atoms with van der Waals surface area (Å²) in [6, 6.07) is 0.0796. The van der Waals surface area contributed by atoms with Gasteiger partial charge in [-0.3, -0.25) is 4.79 Å². The average molecular weight is 298 g/mol. The van der Waals surface area contributed by atoms with Gasteiger partial charge in [0.15, 0.2) is 0 Å². The van der Waals surface area contributed by atoms with Gasteiger partial charge in [-0.2, -0.15) is 0 Å². The summed E-state index contributed by atoms with van der Waals surface area (Å²) in [5.41, 5.74) is -0.840. The van der Waals surface area contributed by atoms with Crippen molar-refractivity contribution in [3.05, 3.63) is 0 Å². The molecule has 1 saturated carbocycles. The number of carboxylic acid groups (broad SMARTS) is 1. The standard InChI is InChI=1S/C15H26N2O4/c1-15(13(19)20)7-8-16(11-15)14(21)17(9-10-18)12-5-3-2-4-6-12/h12,18H,2-11H2,1H3,(H,19,20). The van der Waals surface area contributed by atoms with E-state index in [-0.39, 0.29) is 25.2 Å². The molecule has 21 heavy (non-hydrogen) atoms. The number of amides is 2. The largest absolute Gasteiger partial charge is 0.481 e. The third-order valence-corrected chi connectivity index (χ3v) is 4.86. The first-order chi connectivity index (χ1) is 9.98. The molecule has 2 aliphatic rings. The third kappa shape index (κ3) is 3.48. The summed E-state index contributed by atoms with van der Waals surface area (Å²) in [5, 5.41) is 18.5. The fraction of sp³-hybridized carbons (Fsp3) is 0.867. The molecule has 1 saturated heterocycles. The molecular formula is C15H26N2O4. The molecule has 0 spiro atoms. The van der Waals surface area contributed by atoms with Crippen LogP contribution >= 0.6 is 0 Å². The van der Waals surface area contributed by atoms with Crippen LogP contribution in [0.5, 0.6) is 0 Å². The molecule has 2 rings (SSSR count). The van der Waals surface area contributed by atoms with Crippen molar-refractivity contribution >= 4 is 12.0 Å². The maximum Gasteiger partial charge on any atom is 0.320 e. The Kier molecular flexibility index (Phi) is 5.08. The number of aliphatic hydroxyl groups excluding tert-OH is 1. The molecule has 1 unspecified atom stereocenters. The zero-order valence-corrected chi connectivity index (χ0v) is 12.8. The van der Waals surface area contributed by atoms with E-state index in [9.17, 15) is 19.8 Å². The van der Waals surface area contributed by atoms with E-state index in [0.29, 0.717) is 19.5 Å². The van der Waals surface area contributed by atoms with E-state index in [2.05, 4.69) is 0 Å². The van der Waals surface area contributed by atoms with Crippen LogP contribution in [0.25, 0.3) is 0 Å². The summed E-state index contributed by atoms with van der Waals surface area (Å²) in [7, 11) is 0. The molecule has 120 valence electrons. The Bertz CT molecular complexity index is 395. The molecule has 2 amide bonds. The second kappa shape index (κ2) is 6.64. The third-order valence-electron chi connectivity index (χ3n) is 4.86. The number of likely N-dealkylation sites (tertiary alicyclic amines) is 1. The van der Waals surface area contributed by atoms with Crippen LogP contribution in [0.2, 0.25) is 0 Å². The van der Waals surface area contributed by atoms with Gasteiger partial charge < -0.3 is 20.0 Å². The van der Waals surface area contributed by atoms with E-state index >= 15 is 0 Å². The van der Waals surface area contributed by atoms with Gasteiger partial charge in [-0.05, 0) is 26.2 Å². The van der Waals surface area contributed by atoms with Crippen LogP contribution < -0.4 is 0 Å². The van der Waals surface area contributed by atoms with Crippen molar-refractivity contribution in [2.24, 2.45) is 5.41 Å². The number of hydrogen-bond acceptors (Lipinski definition) is 3. The molecule has 1 aliphatic carbocycles. The summed E-state index contributed by atoms with van der Waals surface area (Å²) in [6.45, 7) is 2.72. The minimum Gasteiger partial charge on any atom is -0.481 e. The predicted molar refractivity (Wildman–Crippen MR) is 78.0 cm³/mol. The molecule has 6 heteroatoms. The second-order valence-electron chi connectivity index (χ2n) is 6.53. The molecular weight excluding hydrogens is 272 g/mol. The first-order valence-corrected chi connectivity index (χ1v) is 7.88. The van der Waals surface area contributed by atoms with Gasteiger partial charge in [0.25, 0.3) is 0 Å². The van der Waals surface area contributed by atoms with Crippen LogP contribution in [-0.4, -0.2) is 64.3 Å². The number of aliphatic hydroxyl groups is 1. The highest BCUT2D eigenvalue weighted by Gasteiger charge is 2.43. The fourth-order valence-electron chi connectivity index (χ4n) is 3.42.